The average Bonchev–Trinajstić information content (AvgIpc) is 3.38. The Balaban J connectivity index is 1.57. The van der Waals surface area contributed by atoms with Gasteiger partial charge in [0.1, 0.15) is 17.2 Å². The highest BCUT2D eigenvalue weighted by Gasteiger charge is 2.37. The van der Waals surface area contributed by atoms with E-state index in [0.717, 1.165) is 16.8 Å². The number of hydrazone groups is 1. The van der Waals surface area contributed by atoms with Crippen molar-refractivity contribution in [2.24, 2.45) is 11.0 Å². The van der Waals surface area contributed by atoms with Gasteiger partial charge in [-0.05, 0) is 51.1 Å². The Bertz CT molecular complexity index is 1140. The number of esters is 1. The SMILES string of the molecule is CCOC(=O)C1CCN(CC(=O)N2N=C(c3ccc(OC)cc3OC)CC2c2ccccc2OC)CC1. The number of rotatable bonds is 9. The number of ether oxygens (including phenoxy) is 4. The summed E-state index contributed by atoms with van der Waals surface area (Å²) in [5.74, 6) is 1.66. The summed E-state index contributed by atoms with van der Waals surface area (Å²) < 4.78 is 21.7. The van der Waals surface area contributed by atoms with E-state index < -0.39 is 0 Å². The molecule has 1 amide bonds. The van der Waals surface area contributed by atoms with E-state index in [9.17, 15) is 9.59 Å². The second-order valence-corrected chi connectivity index (χ2v) is 9.12. The Morgan fingerprint density at radius 1 is 0.973 bits per heavy atom. The van der Waals surface area contributed by atoms with E-state index in [4.69, 9.17) is 24.0 Å². The van der Waals surface area contributed by atoms with Gasteiger partial charge >= 0.3 is 5.97 Å². The van der Waals surface area contributed by atoms with Crippen molar-refractivity contribution < 1.29 is 28.5 Å². The maximum atomic E-state index is 13.6. The van der Waals surface area contributed by atoms with Gasteiger partial charge in [0, 0.05) is 23.6 Å². The van der Waals surface area contributed by atoms with E-state index >= 15 is 0 Å². The maximum Gasteiger partial charge on any atom is 0.309 e. The molecule has 0 saturated carbocycles. The number of hydrogen-bond acceptors (Lipinski definition) is 8. The normalized spacial score (nSPS) is 18.3. The number of methoxy groups -OCH3 is 3. The molecule has 2 aromatic rings. The lowest BCUT2D eigenvalue weighted by Crippen LogP contribution is -2.43. The second kappa shape index (κ2) is 12.1. The number of piperidine rings is 1. The fraction of sp³-hybridized carbons (Fsp3) is 0.464. The fourth-order valence-corrected chi connectivity index (χ4v) is 4.97. The zero-order valence-electron chi connectivity index (χ0n) is 21.9. The third-order valence-corrected chi connectivity index (χ3v) is 6.95. The highest BCUT2D eigenvalue weighted by atomic mass is 16.5. The maximum absolute atomic E-state index is 13.6. The molecule has 0 aliphatic carbocycles. The average molecular weight is 510 g/mol. The highest BCUT2D eigenvalue weighted by molar-refractivity contribution is 6.05. The van der Waals surface area contributed by atoms with Crippen LogP contribution in [-0.4, -0.2) is 75.1 Å². The molecule has 1 atom stereocenters. The molecule has 1 saturated heterocycles. The minimum atomic E-state index is -0.317. The van der Waals surface area contributed by atoms with Crippen molar-refractivity contribution >= 4 is 17.6 Å². The molecule has 2 aromatic carbocycles. The third-order valence-electron chi connectivity index (χ3n) is 6.95. The van der Waals surface area contributed by atoms with Crippen LogP contribution in [0, 0.1) is 5.92 Å². The summed E-state index contributed by atoms with van der Waals surface area (Å²) in [6.45, 7) is 3.74. The van der Waals surface area contributed by atoms with Crippen molar-refractivity contribution in [3.05, 3.63) is 53.6 Å². The van der Waals surface area contributed by atoms with Gasteiger partial charge in [0.15, 0.2) is 0 Å². The largest absolute Gasteiger partial charge is 0.497 e. The van der Waals surface area contributed by atoms with Gasteiger partial charge in [-0.25, -0.2) is 5.01 Å². The Hall–Kier alpha value is -3.59. The van der Waals surface area contributed by atoms with Gasteiger partial charge in [-0.1, -0.05) is 18.2 Å². The monoisotopic (exact) mass is 509 g/mol. The molecule has 0 aromatic heterocycles. The van der Waals surface area contributed by atoms with Crippen molar-refractivity contribution in [2.75, 3.05) is 47.6 Å². The first-order chi connectivity index (χ1) is 18.0. The summed E-state index contributed by atoms with van der Waals surface area (Å²) in [5.41, 5.74) is 2.46. The summed E-state index contributed by atoms with van der Waals surface area (Å²) >= 11 is 0. The molecule has 1 fully saturated rings. The molecule has 9 nitrogen and oxygen atoms in total. The van der Waals surface area contributed by atoms with E-state index in [2.05, 4.69) is 4.90 Å². The van der Waals surface area contributed by atoms with Crippen LogP contribution in [-0.2, 0) is 14.3 Å². The lowest BCUT2D eigenvalue weighted by Gasteiger charge is -2.32. The van der Waals surface area contributed by atoms with Gasteiger partial charge in [0.2, 0.25) is 0 Å². The molecular formula is C28H35N3O6. The first-order valence-corrected chi connectivity index (χ1v) is 12.6. The second-order valence-electron chi connectivity index (χ2n) is 9.12. The molecule has 4 rings (SSSR count). The van der Waals surface area contributed by atoms with Crippen LogP contribution in [0.1, 0.15) is 43.4 Å². The van der Waals surface area contributed by atoms with Crippen molar-refractivity contribution in [1.82, 2.24) is 9.91 Å². The predicted molar refractivity (Wildman–Crippen MR) is 139 cm³/mol. The van der Waals surface area contributed by atoms with E-state index in [1.54, 1.807) is 26.3 Å². The molecule has 0 bridgehead atoms. The Morgan fingerprint density at radius 3 is 2.38 bits per heavy atom. The summed E-state index contributed by atoms with van der Waals surface area (Å²) in [4.78, 5) is 27.8. The number of hydrogen-bond donors (Lipinski definition) is 0. The summed E-state index contributed by atoms with van der Waals surface area (Å²) in [7, 11) is 4.84. The van der Waals surface area contributed by atoms with Crippen LogP contribution < -0.4 is 14.2 Å². The first kappa shape index (κ1) is 26.5. The van der Waals surface area contributed by atoms with Crippen molar-refractivity contribution in [3.8, 4) is 17.2 Å². The number of carbonyl (C=O) groups is 2. The van der Waals surface area contributed by atoms with E-state index in [1.807, 2.05) is 49.4 Å². The molecule has 2 aliphatic rings. The van der Waals surface area contributed by atoms with Crippen LogP contribution in [0.2, 0.25) is 0 Å². The van der Waals surface area contributed by atoms with Crippen LogP contribution >= 0.6 is 0 Å². The van der Waals surface area contributed by atoms with Crippen LogP contribution in [0.15, 0.2) is 47.6 Å². The van der Waals surface area contributed by atoms with E-state index in [0.29, 0.717) is 56.2 Å². The number of nitrogens with zero attached hydrogens (tertiary/aromatic N) is 3. The molecule has 2 aliphatic heterocycles. The lowest BCUT2D eigenvalue weighted by atomic mass is 9.96. The lowest BCUT2D eigenvalue weighted by molar-refractivity contribution is -0.149. The standard InChI is InChI=1S/C28H35N3O6/c1-5-37-28(33)19-12-14-30(15-13-19)18-27(32)31-24(22-8-6-7-9-25(22)35-3)17-23(29-31)21-11-10-20(34-2)16-26(21)36-4/h6-11,16,19,24H,5,12-15,17-18H2,1-4H3. The van der Waals surface area contributed by atoms with Gasteiger partial charge in [-0.3, -0.25) is 14.5 Å². The molecular weight excluding hydrogens is 474 g/mol. The van der Waals surface area contributed by atoms with Crippen molar-refractivity contribution in [1.29, 1.82) is 0 Å². The molecule has 2 heterocycles. The fourth-order valence-electron chi connectivity index (χ4n) is 4.97. The number of carbonyl (C=O) groups excluding carboxylic acids is 2. The van der Waals surface area contributed by atoms with Gasteiger partial charge in [0.25, 0.3) is 5.91 Å². The summed E-state index contributed by atoms with van der Waals surface area (Å²) in [6.07, 6.45) is 1.87. The quantitative estimate of drug-likeness (QED) is 0.477. The minimum absolute atomic E-state index is 0.104. The molecule has 0 radical (unpaired) electrons. The van der Waals surface area contributed by atoms with Crippen LogP contribution in [0.4, 0.5) is 0 Å². The summed E-state index contributed by atoms with van der Waals surface area (Å²) in [5, 5.41) is 6.39. The van der Waals surface area contributed by atoms with Gasteiger partial charge in [0.05, 0.1) is 52.2 Å². The van der Waals surface area contributed by atoms with E-state index in [1.165, 1.54) is 0 Å². The van der Waals surface area contributed by atoms with Crippen LogP contribution in [0.25, 0.3) is 0 Å². The van der Waals surface area contributed by atoms with Crippen LogP contribution in [0.5, 0.6) is 17.2 Å². The Kier molecular flexibility index (Phi) is 8.66. The number of benzene rings is 2. The molecule has 1 unspecified atom stereocenters. The Labute approximate surface area is 217 Å². The van der Waals surface area contributed by atoms with Crippen molar-refractivity contribution in [2.45, 2.75) is 32.2 Å². The number of likely N-dealkylation sites (tertiary alicyclic amines) is 1. The zero-order valence-corrected chi connectivity index (χ0v) is 21.9. The zero-order chi connectivity index (χ0) is 26.4. The van der Waals surface area contributed by atoms with Gasteiger partial charge < -0.3 is 18.9 Å². The summed E-state index contributed by atoms with van der Waals surface area (Å²) in [6, 6.07) is 13.0. The molecule has 9 heteroatoms. The van der Waals surface area contributed by atoms with Gasteiger partial charge in [-0.15, -0.1) is 0 Å². The predicted octanol–water partition coefficient (Wildman–Crippen LogP) is 3.67. The molecule has 0 N–H and O–H groups in total. The smallest absolute Gasteiger partial charge is 0.309 e. The number of para-hydroxylation sites is 1. The van der Waals surface area contributed by atoms with Crippen LogP contribution in [0.3, 0.4) is 0 Å². The Morgan fingerprint density at radius 2 is 1.70 bits per heavy atom. The van der Waals surface area contributed by atoms with Crippen molar-refractivity contribution in [3.63, 3.8) is 0 Å². The number of amides is 1. The first-order valence-electron chi connectivity index (χ1n) is 12.6. The highest BCUT2D eigenvalue weighted by Crippen LogP contribution is 2.39. The van der Waals surface area contributed by atoms with E-state index in [-0.39, 0.29) is 30.4 Å². The molecule has 198 valence electrons. The third kappa shape index (κ3) is 5.88. The topological polar surface area (TPSA) is 89.9 Å². The minimum Gasteiger partial charge on any atom is -0.497 e. The van der Waals surface area contributed by atoms with Gasteiger partial charge in [-0.2, -0.15) is 5.10 Å². The molecule has 0 spiro atoms. The molecule has 37 heavy (non-hydrogen) atoms.